The lowest BCUT2D eigenvalue weighted by Gasteiger charge is -2.61. The summed E-state index contributed by atoms with van der Waals surface area (Å²) in [4.78, 5) is 0. The molecule has 2 rings (SSSR count). The van der Waals surface area contributed by atoms with E-state index in [4.69, 9.17) is 4.74 Å². The molecule has 2 heterocycles. The zero-order valence-corrected chi connectivity index (χ0v) is 22.8. The topological polar surface area (TPSA) is 9.23 Å². The average molecular weight is 403 g/mol. The van der Waals surface area contributed by atoms with Gasteiger partial charge in [-0.25, -0.2) is 0 Å². The third-order valence-electron chi connectivity index (χ3n) is 6.21. The predicted octanol–water partition coefficient (Wildman–Crippen LogP) is 6.67. The molecule has 1 nitrogen and oxygen atoms in total. The van der Waals surface area contributed by atoms with Crippen molar-refractivity contribution in [2.75, 3.05) is 0 Å². The maximum atomic E-state index is 6.38. The summed E-state index contributed by atoms with van der Waals surface area (Å²) in [6.07, 6.45) is 5.48. The smallest absolute Gasteiger partial charge is 0.0580 e. The van der Waals surface area contributed by atoms with Crippen molar-refractivity contribution in [1.82, 2.24) is 0 Å². The summed E-state index contributed by atoms with van der Waals surface area (Å²) in [7, 11) is -3.38. The first-order valence-electron chi connectivity index (χ1n) is 10.2. The standard InChI is InChI=1S/C15H36OSi4.C4H10/c1-17(2,3)20(18(4,5)6,19(7,8)9)15-12-13-10-11-14(15)16-13;1-4(2)3/h13-15H,10-12H2,1-9H3;4H,1-3H3. The van der Waals surface area contributed by atoms with Gasteiger partial charge in [0, 0.05) is 29.4 Å². The van der Waals surface area contributed by atoms with E-state index in [9.17, 15) is 0 Å². The van der Waals surface area contributed by atoms with Crippen molar-refractivity contribution < 1.29 is 4.74 Å². The van der Waals surface area contributed by atoms with Crippen LogP contribution in [0.15, 0.2) is 0 Å². The molecule has 0 spiro atoms. The molecule has 0 aromatic heterocycles. The van der Waals surface area contributed by atoms with E-state index >= 15 is 0 Å². The van der Waals surface area contributed by atoms with Gasteiger partial charge < -0.3 is 4.74 Å². The van der Waals surface area contributed by atoms with Crippen LogP contribution in [0.25, 0.3) is 0 Å². The highest BCUT2D eigenvalue weighted by Crippen LogP contribution is 2.55. The van der Waals surface area contributed by atoms with Crippen molar-refractivity contribution in [2.45, 2.75) is 117 Å². The van der Waals surface area contributed by atoms with E-state index < -0.39 is 29.4 Å². The van der Waals surface area contributed by atoms with Crippen LogP contribution in [0.1, 0.15) is 40.0 Å². The van der Waals surface area contributed by atoms with Crippen molar-refractivity contribution in [3.05, 3.63) is 0 Å². The number of ether oxygens (including phenoxy) is 1. The van der Waals surface area contributed by atoms with Crippen LogP contribution in [0.5, 0.6) is 0 Å². The maximum Gasteiger partial charge on any atom is 0.0580 e. The summed E-state index contributed by atoms with van der Waals surface area (Å²) in [5.74, 6) is 0.833. The Kier molecular flexibility index (Phi) is 7.10. The Hall–Kier alpha value is 0.828. The summed E-state index contributed by atoms with van der Waals surface area (Å²) < 4.78 is 6.38. The predicted molar refractivity (Wildman–Crippen MR) is 123 cm³/mol. The Morgan fingerprint density at radius 2 is 1.08 bits per heavy atom. The van der Waals surface area contributed by atoms with Gasteiger partial charge in [-0.3, -0.25) is 0 Å². The van der Waals surface area contributed by atoms with Gasteiger partial charge in [-0.05, 0) is 30.7 Å². The second-order valence-electron chi connectivity index (χ2n) is 12.0. The van der Waals surface area contributed by atoms with E-state index in [2.05, 4.69) is 79.7 Å². The van der Waals surface area contributed by atoms with Gasteiger partial charge in [0.25, 0.3) is 0 Å². The summed E-state index contributed by atoms with van der Waals surface area (Å²) in [5.41, 5.74) is 1.02. The van der Waals surface area contributed by atoms with Gasteiger partial charge >= 0.3 is 0 Å². The van der Waals surface area contributed by atoms with Gasteiger partial charge in [0.05, 0.1) is 12.2 Å². The lowest BCUT2D eigenvalue weighted by atomic mass is 10.0. The Balaban J connectivity index is 0.000000648. The van der Waals surface area contributed by atoms with E-state index in [0.717, 1.165) is 11.5 Å². The molecule has 0 aromatic rings. The van der Waals surface area contributed by atoms with Crippen LogP contribution in [0, 0.1) is 5.92 Å². The number of fused-ring (bicyclic) bond motifs is 2. The molecule has 0 amide bonds. The fourth-order valence-corrected chi connectivity index (χ4v) is 112. The molecule has 0 radical (unpaired) electrons. The monoisotopic (exact) mass is 402 g/mol. The third-order valence-corrected chi connectivity index (χ3v) is 80.2. The first-order chi connectivity index (χ1) is 10.6. The highest BCUT2D eigenvalue weighted by Gasteiger charge is 2.68. The molecular formula is C19H46OSi4. The summed E-state index contributed by atoms with van der Waals surface area (Å²) in [5, 5.41) is 0. The second kappa shape index (κ2) is 7.45. The van der Waals surface area contributed by atoms with Crippen LogP contribution < -0.4 is 0 Å². The van der Waals surface area contributed by atoms with Crippen LogP contribution in [-0.2, 0) is 4.74 Å². The number of rotatable bonds is 4. The molecule has 3 unspecified atom stereocenters. The van der Waals surface area contributed by atoms with Gasteiger partial charge in [-0.15, -0.1) is 0 Å². The van der Waals surface area contributed by atoms with Crippen molar-refractivity contribution >= 4 is 29.4 Å². The lowest BCUT2D eigenvalue weighted by molar-refractivity contribution is 0.105. The summed E-state index contributed by atoms with van der Waals surface area (Å²) in [6.45, 7) is 29.8. The minimum Gasteiger partial charge on any atom is -0.375 e. The van der Waals surface area contributed by atoms with E-state index in [0.29, 0.717) is 12.2 Å². The first kappa shape index (κ1) is 22.9. The van der Waals surface area contributed by atoms with Crippen LogP contribution in [0.4, 0.5) is 0 Å². The average Bonchev–Trinajstić information content (AvgIpc) is 2.83. The molecule has 144 valence electrons. The molecule has 0 N–H and O–H groups in total. The molecule has 0 aliphatic carbocycles. The normalized spacial score (nSPS) is 28.1. The molecule has 24 heavy (non-hydrogen) atoms. The van der Waals surface area contributed by atoms with Gasteiger partial charge in [-0.2, -0.15) is 0 Å². The second-order valence-corrected chi connectivity index (χ2v) is 53.0. The Morgan fingerprint density at radius 1 is 0.708 bits per heavy atom. The molecule has 2 aliphatic heterocycles. The molecule has 0 aromatic carbocycles. The maximum absolute atomic E-state index is 6.38. The number of hydrogen-bond donors (Lipinski definition) is 0. The Morgan fingerprint density at radius 3 is 1.29 bits per heavy atom. The number of hydrogen-bond acceptors (Lipinski definition) is 1. The van der Waals surface area contributed by atoms with Crippen LogP contribution in [0.2, 0.25) is 64.5 Å². The highest BCUT2D eigenvalue weighted by atomic mass is 29.9. The largest absolute Gasteiger partial charge is 0.375 e. The third kappa shape index (κ3) is 4.21. The quantitative estimate of drug-likeness (QED) is 0.477. The molecule has 2 bridgehead atoms. The molecule has 2 saturated heterocycles. The van der Waals surface area contributed by atoms with Crippen molar-refractivity contribution in [3.63, 3.8) is 0 Å². The molecule has 0 saturated carbocycles. The Bertz CT molecular complexity index is 376. The van der Waals surface area contributed by atoms with Crippen LogP contribution >= 0.6 is 0 Å². The zero-order valence-electron chi connectivity index (χ0n) is 18.8. The minimum atomic E-state index is -1.23. The lowest BCUT2D eigenvalue weighted by Crippen LogP contribution is -2.85. The Labute approximate surface area is 156 Å². The van der Waals surface area contributed by atoms with Gasteiger partial charge in [-0.1, -0.05) is 79.7 Å². The van der Waals surface area contributed by atoms with Crippen molar-refractivity contribution in [1.29, 1.82) is 0 Å². The van der Waals surface area contributed by atoms with Gasteiger partial charge in [0.2, 0.25) is 0 Å². The summed E-state index contributed by atoms with van der Waals surface area (Å²) >= 11 is 0. The van der Waals surface area contributed by atoms with Crippen molar-refractivity contribution in [2.24, 2.45) is 5.92 Å². The molecule has 2 fully saturated rings. The van der Waals surface area contributed by atoms with Crippen LogP contribution in [-0.4, -0.2) is 41.6 Å². The zero-order chi connectivity index (χ0) is 19.1. The molecular weight excluding hydrogens is 357 g/mol. The first-order valence-corrected chi connectivity index (χ1v) is 25.8. The van der Waals surface area contributed by atoms with Crippen molar-refractivity contribution in [3.8, 4) is 0 Å². The molecule has 2 aliphatic rings. The van der Waals surface area contributed by atoms with Gasteiger partial charge in [0.1, 0.15) is 0 Å². The highest BCUT2D eigenvalue weighted by molar-refractivity contribution is 7.89. The SMILES string of the molecule is CC(C)C.C[Si](C)(C)[Si](C1CC2CCC1O2)([Si](C)(C)C)[Si](C)(C)C. The van der Waals surface area contributed by atoms with E-state index in [1.54, 1.807) is 0 Å². The van der Waals surface area contributed by atoms with E-state index in [-0.39, 0.29) is 0 Å². The van der Waals surface area contributed by atoms with E-state index in [1.165, 1.54) is 19.3 Å². The molecule has 5 heteroatoms. The van der Waals surface area contributed by atoms with E-state index in [1.807, 2.05) is 0 Å². The fourth-order valence-electron chi connectivity index (χ4n) is 7.14. The minimum absolute atomic E-state index is 0.640. The molecule has 3 atom stereocenters. The fraction of sp³-hybridized carbons (Fsp3) is 1.00. The summed E-state index contributed by atoms with van der Waals surface area (Å²) in [6, 6.07) is 0. The van der Waals surface area contributed by atoms with Gasteiger partial charge in [0.15, 0.2) is 0 Å². The van der Waals surface area contributed by atoms with Crippen LogP contribution in [0.3, 0.4) is 0 Å².